The molecule has 0 heterocycles. The minimum Gasteiger partial charge on any atom is -0.396 e. The van der Waals surface area contributed by atoms with Crippen LogP contribution in [0.3, 0.4) is 0 Å². The van der Waals surface area contributed by atoms with Gasteiger partial charge in [-0.25, -0.2) is 13.1 Å². The Balaban J connectivity index is 2.56. The molecule has 2 N–H and O–H groups in total. The zero-order chi connectivity index (χ0) is 12.9. The van der Waals surface area contributed by atoms with E-state index in [9.17, 15) is 13.5 Å². The van der Waals surface area contributed by atoms with Gasteiger partial charge in [0, 0.05) is 24.5 Å². The lowest BCUT2D eigenvalue weighted by Gasteiger charge is -2.29. The molecule has 0 aromatic rings. The van der Waals surface area contributed by atoms with E-state index in [2.05, 4.69) is 4.72 Å². The number of hydrogen-bond donors (Lipinski definition) is 2. The molecule has 2 unspecified atom stereocenters. The van der Waals surface area contributed by atoms with Crippen LogP contribution in [0.1, 0.15) is 39.0 Å². The molecule has 0 aliphatic heterocycles. The van der Waals surface area contributed by atoms with Gasteiger partial charge in [0.05, 0.1) is 11.8 Å². The molecule has 1 saturated carbocycles. The second kappa shape index (κ2) is 5.80. The van der Waals surface area contributed by atoms with E-state index in [1.807, 2.05) is 13.0 Å². The number of rotatable bonds is 6. The molecule has 0 aromatic heterocycles. The molecule has 17 heavy (non-hydrogen) atoms. The van der Waals surface area contributed by atoms with Gasteiger partial charge >= 0.3 is 0 Å². The first-order chi connectivity index (χ1) is 7.93. The Morgan fingerprint density at radius 2 is 2.29 bits per heavy atom. The number of aliphatic hydroxyl groups is 1. The Morgan fingerprint density at radius 3 is 2.88 bits per heavy atom. The van der Waals surface area contributed by atoms with Crippen molar-refractivity contribution in [2.24, 2.45) is 5.41 Å². The Bertz CT molecular complexity index is 388. The van der Waals surface area contributed by atoms with Crippen LogP contribution in [0.15, 0.2) is 0 Å². The number of aliphatic hydroxyl groups excluding tert-OH is 1. The summed E-state index contributed by atoms with van der Waals surface area (Å²) in [5.41, 5.74) is -0.345. The van der Waals surface area contributed by atoms with Crippen molar-refractivity contribution in [2.75, 3.05) is 12.4 Å². The second-order valence-electron chi connectivity index (χ2n) is 4.96. The number of nitriles is 1. The summed E-state index contributed by atoms with van der Waals surface area (Å²) in [5, 5.41) is 17.7. The van der Waals surface area contributed by atoms with E-state index in [-0.39, 0.29) is 30.2 Å². The number of nitrogens with zero attached hydrogens (tertiary/aromatic N) is 1. The zero-order valence-electron chi connectivity index (χ0n) is 10.1. The third-order valence-electron chi connectivity index (χ3n) is 3.47. The van der Waals surface area contributed by atoms with E-state index in [1.54, 1.807) is 0 Å². The molecule has 0 bridgehead atoms. The third kappa shape index (κ3) is 3.95. The minimum absolute atomic E-state index is 0.00160. The van der Waals surface area contributed by atoms with Gasteiger partial charge in [0.2, 0.25) is 10.0 Å². The summed E-state index contributed by atoms with van der Waals surface area (Å²) in [7, 11) is -3.33. The highest BCUT2D eigenvalue weighted by molar-refractivity contribution is 7.89. The molecule has 0 aromatic carbocycles. The van der Waals surface area contributed by atoms with E-state index >= 15 is 0 Å². The van der Waals surface area contributed by atoms with Gasteiger partial charge in [-0.3, -0.25) is 0 Å². The van der Waals surface area contributed by atoms with Crippen molar-refractivity contribution in [2.45, 2.75) is 45.1 Å². The number of hydrogen-bond acceptors (Lipinski definition) is 4. The maximum Gasteiger partial charge on any atom is 0.211 e. The van der Waals surface area contributed by atoms with E-state index in [1.165, 1.54) is 0 Å². The van der Waals surface area contributed by atoms with Crippen LogP contribution in [-0.4, -0.2) is 31.9 Å². The van der Waals surface area contributed by atoms with E-state index in [0.717, 1.165) is 19.3 Å². The molecule has 2 atom stereocenters. The molecule has 0 spiro atoms. The van der Waals surface area contributed by atoms with Crippen LogP contribution in [0, 0.1) is 16.7 Å². The number of sulfonamides is 1. The molecule has 0 saturated heterocycles. The van der Waals surface area contributed by atoms with E-state index in [0.29, 0.717) is 6.42 Å². The van der Waals surface area contributed by atoms with Gasteiger partial charge in [-0.15, -0.1) is 0 Å². The van der Waals surface area contributed by atoms with E-state index in [4.69, 9.17) is 5.26 Å². The van der Waals surface area contributed by atoms with Gasteiger partial charge in [-0.2, -0.15) is 5.26 Å². The van der Waals surface area contributed by atoms with Crippen LogP contribution in [0.4, 0.5) is 0 Å². The first kappa shape index (κ1) is 14.4. The molecule has 1 aliphatic carbocycles. The number of nitrogens with one attached hydrogen (secondary N) is 1. The summed E-state index contributed by atoms with van der Waals surface area (Å²) in [6.07, 6.45) is 3.16. The fourth-order valence-corrected chi connectivity index (χ4v) is 3.72. The summed E-state index contributed by atoms with van der Waals surface area (Å²) in [5.74, 6) is -0.0153. The fraction of sp³-hybridized carbons (Fsp3) is 0.909. The van der Waals surface area contributed by atoms with Gasteiger partial charge in [-0.1, -0.05) is 13.3 Å². The largest absolute Gasteiger partial charge is 0.396 e. The molecule has 1 aliphatic rings. The Hall–Kier alpha value is -0.640. The van der Waals surface area contributed by atoms with Crippen LogP contribution < -0.4 is 4.72 Å². The first-order valence-electron chi connectivity index (χ1n) is 5.91. The van der Waals surface area contributed by atoms with Crippen molar-refractivity contribution < 1.29 is 13.5 Å². The van der Waals surface area contributed by atoms with Gasteiger partial charge in [0.15, 0.2) is 0 Å². The first-order valence-corrected chi connectivity index (χ1v) is 7.56. The van der Waals surface area contributed by atoms with Crippen LogP contribution in [0.5, 0.6) is 0 Å². The molecule has 6 heteroatoms. The molecule has 1 rings (SSSR count). The molecule has 0 amide bonds. The average Bonchev–Trinajstić information content (AvgIpc) is 2.61. The van der Waals surface area contributed by atoms with Crippen LogP contribution in [-0.2, 0) is 10.0 Å². The molecule has 1 fully saturated rings. The highest BCUT2D eigenvalue weighted by Crippen LogP contribution is 2.37. The van der Waals surface area contributed by atoms with Crippen molar-refractivity contribution in [1.29, 1.82) is 5.26 Å². The monoisotopic (exact) mass is 260 g/mol. The molecule has 0 radical (unpaired) electrons. The lowest BCUT2D eigenvalue weighted by atomic mass is 9.86. The molecular formula is C11H20N2O3S. The smallest absolute Gasteiger partial charge is 0.211 e. The van der Waals surface area contributed by atoms with E-state index < -0.39 is 10.0 Å². The minimum atomic E-state index is -3.33. The summed E-state index contributed by atoms with van der Waals surface area (Å²) < 4.78 is 26.2. The summed E-state index contributed by atoms with van der Waals surface area (Å²) in [6, 6.07) is 1.75. The van der Waals surface area contributed by atoms with Gasteiger partial charge in [-0.05, 0) is 19.3 Å². The van der Waals surface area contributed by atoms with Crippen molar-refractivity contribution in [3.8, 4) is 6.07 Å². The predicted octanol–water partition coefficient (Wildman–Crippen LogP) is 0.761. The Labute approximate surface area is 103 Å². The van der Waals surface area contributed by atoms with Gasteiger partial charge < -0.3 is 5.11 Å². The Kier molecular flexibility index (Phi) is 4.92. The molecular weight excluding hydrogens is 240 g/mol. The Morgan fingerprint density at radius 1 is 1.59 bits per heavy atom. The fourth-order valence-electron chi connectivity index (χ4n) is 2.24. The van der Waals surface area contributed by atoms with Crippen molar-refractivity contribution in [3.05, 3.63) is 0 Å². The molecule has 5 nitrogen and oxygen atoms in total. The molecule has 98 valence electrons. The van der Waals surface area contributed by atoms with Crippen molar-refractivity contribution >= 4 is 10.0 Å². The summed E-state index contributed by atoms with van der Waals surface area (Å²) >= 11 is 0. The summed E-state index contributed by atoms with van der Waals surface area (Å²) in [6.45, 7) is 1.90. The number of unbranched alkanes of at least 4 members (excludes halogenated alkanes) is 1. The van der Waals surface area contributed by atoms with Crippen molar-refractivity contribution in [1.82, 2.24) is 4.72 Å². The average molecular weight is 260 g/mol. The van der Waals surface area contributed by atoms with Gasteiger partial charge in [0.25, 0.3) is 0 Å². The lowest BCUT2D eigenvalue weighted by molar-refractivity contribution is 0.127. The maximum absolute atomic E-state index is 11.8. The normalized spacial score (nSPS) is 29.1. The zero-order valence-corrected chi connectivity index (χ0v) is 11.0. The van der Waals surface area contributed by atoms with Crippen molar-refractivity contribution in [3.63, 3.8) is 0 Å². The summed E-state index contributed by atoms with van der Waals surface area (Å²) in [4.78, 5) is 0. The second-order valence-corrected chi connectivity index (χ2v) is 6.83. The lowest BCUT2D eigenvalue weighted by Crippen LogP contribution is -2.45. The highest BCUT2D eigenvalue weighted by Gasteiger charge is 2.40. The maximum atomic E-state index is 11.8. The quantitative estimate of drug-likeness (QED) is 0.690. The SMILES string of the molecule is CC1(CO)CCCC1NS(=O)(=O)CCCC#N. The third-order valence-corrected chi connectivity index (χ3v) is 4.94. The van der Waals surface area contributed by atoms with Crippen LogP contribution in [0.25, 0.3) is 0 Å². The highest BCUT2D eigenvalue weighted by atomic mass is 32.2. The van der Waals surface area contributed by atoms with Crippen LogP contribution in [0.2, 0.25) is 0 Å². The topological polar surface area (TPSA) is 90.2 Å². The standard InChI is InChI=1S/C11H20N2O3S/c1-11(9-14)6-4-5-10(11)13-17(15,16)8-3-2-7-12/h10,13-14H,2-6,8-9H2,1H3. The van der Waals surface area contributed by atoms with Crippen LogP contribution >= 0.6 is 0 Å². The van der Waals surface area contributed by atoms with Gasteiger partial charge in [0.1, 0.15) is 0 Å². The predicted molar refractivity (Wildman–Crippen MR) is 64.6 cm³/mol.